The molecule has 0 radical (unpaired) electrons. The largest absolute Gasteiger partial charge is 0.462 e. The second-order valence-corrected chi connectivity index (χ2v) is 6.20. The minimum absolute atomic E-state index is 0.0581. The van der Waals surface area contributed by atoms with Crippen LogP contribution < -0.4 is 0 Å². The van der Waals surface area contributed by atoms with Crippen molar-refractivity contribution in [1.82, 2.24) is 0 Å². The van der Waals surface area contributed by atoms with E-state index < -0.39 is 23.4 Å². The van der Waals surface area contributed by atoms with Crippen molar-refractivity contribution < 1.29 is 23.1 Å². The average Bonchev–Trinajstić information content (AvgIpc) is 3.01. The molecule has 0 aliphatic heterocycles. The van der Waals surface area contributed by atoms with Crippen molar-refractivity contribution in [3.05, 3.63) is 61.8 Å². The summed E-state index contributed by atoms with van der Waals surface area (Å²) in [5.74, 6) is -3.82. The number of rotatable bonds is 5. The van der Waals surface area contributed by atoms with E-state index in [0.717, 1.165) is 12.1 Å². The minimum Gasteiger partial charge on any atom is -0.462 e. The van der Waals surface area contributed by atoms with Crippen LogP contribution in [0.2, 0.25) is 0 Å². The molecule has 1 heterocycles. The molecular weight excluding hydrogens is 390 g/mol. The summed E-state index contributed by atoms with van der Waals surface area (Å²) >= 11 is 4.34. The van der Waals surface area contributed by atoms with E-state index in [4.69, 9.17) is 4.74 Å². The fourth-order valence-corrected chi connectivity index (χ4v) is 2.94. The highest BCUT2D eigenvalue weighted by atomic mass is 79.9. The third-order valence-corrected chi connectivity index (χ3v) is 4.30. The summed E-state index contributed by atoms with van der Waals surface area (Å²) in [6, 6.07) is 5.08. The van der Waals surface area contributed by atoms with E-state index in [1.807, 2.05) is 0 Å². The van der Waals surface area contributed by atoms with Gasteiger partial charge in [0.15, 0.2) is 11.6 Å². The van der Waals surface area contributed by atoms with E-state index in [-0.39, 0.29) is 22.2 Å². The molecule has 0 atom stereocenters. The highest BCUT2D eigenvalue weighted by molar-refractivity contribution is 9.10. The Morgan fingerprint density at radius 1 is 1.30 bits per heavy atom. The summed E-state index contributed by atoms with van der Waals surface area (Å²) in [4.78, 5) is 25.3. The van der Waals surface area contributed by atoms with Crippen molar-refractivity contribution in [2.75, 3.05) is 6.61 Å². The van der Waals surface area contributed by atoms with Crippen LogP contribution in [0.4, 0.5) is 8.78 Å². The molecule has 0 saturated carbocycles. The number of thiophene rings is 1. The predicted molar refractivity (Wildman–Crippen MR) is 87.3 cm³/mol. The Morgan fingerprint density at radius 3 is 2.61 bits per heavy atom. The Labute approximate surface area is 143 Å². The topological polar surface area (TPSA) is 43.4 Å². The molecule has 0 amide bonds. The molecule has 3 nitrogen and oxygen atoms in total. The van der Waals surface area contributed by atoms with Crippen molar-refractivity contribution in [3.8, 4) is 0 Å². The Balaban J connectivity index is 2.49. The quantitative estimate of drug-likeness (QED) is 0.183. The standard InChI is InChI=1S/C16H11BrF2O3S/c1-2-22-16(21)11(6-9-4-3-5-23-9)15(20)10-7-13(18)14(19)8-12(10)17/h3-8H,2H2,1H3. The van der Waals surface area contributed by atoms with Gasteiger partial charge in [-0.05, 0) is 52.5 Å². The van der Waals surface area contributed by atoms with Crippen molar-refractivity contribution in [2.45, 2.75) is 6.92 Å². The van der Waals surface area contributed by atoms with E-state index in [2.05, 4.69) is 15.9 Å². The number of halogens is 3. The smallest absolute Gasteiger partial charge is 0.342 e. The summed E-state index contributed by atoms with van der Waals surface area (Å²) in [6.07, 6.45) is 1.37. The highest BCUT2D eigenvalue weighted by Crippen LogP contribution is 2.25. The van der Waals surface area contributed by atoms with Gasteiger partial charge in [0.1, 0.15) is 5.57 Å². The number of esters is 1. The maximum atomic E-state index is 13.4. The molecule has 0 aliphatic rings. The summed E-state index contributed by atoms with van der Waals surface area (Å²) in [7, 11) is 0. The third-order valence-electron chi connectivity index (χ3n) is 2.82. The van der Waals surface area contributed by atoms with Gasteiger partial charge in [-0.1, -0.05) is 6.07 Å². The van der Waals surface area contributed by atoms with Gasteiger partial charge in [0, 0.05) is 14.9 Å². The van der Waals surface area contributed by atoms with E-state index in [1.54, 1.807) is 24.4 Å². The van der Waals surface area contributed by atoms with Gasteiger partial charge in [0.05, 0.1) is 6.61 Å². The highest BCUT2D eigenvalue weighted by Gasteiger charge is 2.24. The molecule has 7 heteroatoms. The SMILES string of the molecule is CCOC(=O)C(=Cc1cccs1)C(=O)c1cc(F)c(F)cc1Br. The molecule has 1 aromatic carbocycles. The number of carbonyl (C=O) groups is 2. The molecule has 0 aliphatic carbocycles. The van der Waals surface area contributed by atoms with Crippen LogP contribution in [0.1, 0.15) is 22.2 Å². The van der Waals surface area contributed by atoms with Gasteiger partial charge in [-0.2, -0.15) is 0 Å². The second kappa shape index (κ2) is 7.61. The molecule has 2 aromatic rings. The first-order chi connectivity index (χ1) is 10.9. The lowest BCUT2D eigenvalue weighted by Crippen LogP contribution is -2.17. The lowest BCUT2D eigenvalue weighted by molar-refractivity contribution is -0.137. The van der Waals surface area contributed by atoms with Crippen LogP contribution in [0, 0.1) is 11.6 Å². The van der Waals surface area contributed by atoms with Crippen LogP contribution in [-0.4, -0.2) is 18.4 Å². The molecule has 0 N–H and O–H groups in total. The van der Waals surface area contributed by atoms with E-state index in [9.17, 15) is 18.4 Å². The number of ketones is 1. The van der Waals surface area contributed by atoms with Gasteiger partial charge in [-0.15, -0.1) is 11.3 Å². The number of ether oxygens (including phenoxy) is 1. The molecule has 0 unspecified atom stereocenters. The molecule has 0 bridgehead atoms. The van der Waals surface area contributed by atoms with Crippen LogP contribution in [0.25, 0.3) is 6.08 Å². The van der Waals surface area contributed by atoms with E-state index in [0.29, 0.717) is 4.88 Å². The molecule has 23 heavy (non-hydrogen) atoms. The monoisotopic (exact) mass is 400 g/mol. The Bertz CT molecular complexity index is 770. The van der Waals surface area contributed by atoms with Gasteiger partial charge in [-0.25, -0.2) is 13.6 Å². The van der Waals surface area contributed by atoms with Crippen molar-refractivity contribution >= 4 is 45.1 Å². The number of hydrogen-bond donors (Lipinski definition) is 0. The lowest BCUT2D eigenvalue weighted by Gasteiger charge is -2.08. The first-order valence-corrected chi connectivity index (χ1v) is 8.22. The van der Waals surface area contributed by atoms with Crippen molar-refractivity contribution in [3.63, 3.8) is 0 Å². The summed E-state index contributed by atoms with van der Waals surface area (Å²) in [5, 5.41) is 1.78. The van der Waals surface area contributed by atoms with Gasteiger partial charge < -0.3 is 4.74 Å². The summed E-state index contributed by atoms with van der Waals surface area (Å²) in [6.45, 7) is 1.70. The summed E-state index contributed by atoms with van der Waals surface area (Å²) in [5.41, 5.74) is -0.402. The van der Waals surface area contributed by atoms with Crippen LogP contribution in [-0.2, 0) is 9.53 Å². The number of benzene rings is 1. The number of Topliss-reactive ketones (excluding diaryl/α,β-unsaturated/α-hetero) is 1. The summed E-state index contributed by atoms with van der Waals surface area (Å²) < 4.78 is 31.6. The zero-order valence-corrected chi connectivity index (χ0v) is 14.3. The zero-order valence-electron chi connectivity index (χ0n) is 11.9. The van der Waals surface area contributed by atoms with E-state index in [1.165, 1.54) is 17.4 Å². The fraction of sp³-hybridized carbons (Fsp3) is 0.125. The minimum atomic E-state index is -1.17. The van der Waals surface area contributed by atoms with Crippen LogP contribution in [0.15, 0.2) is 39.7 Å². The van der Waals surface area contributed by atoms with Crippen LogP contribution in [0.3, 0.4) is 0 Å². The Morgan fingerprint density at radius 2 is 2.00 bits per heavy atom. The fourth-order valence-electron chi connectivity index (χ4n) is 1.78. The molecule has 0 saturated heterocycles. The molecule has 0 spiro atoms. The van der Waals surface area contributed by atoms with Gasteiger partial charge in [0.2, 0.25) is 5.78 Å². The van der Waals surface area contributed by atoms with E-state index >= 15 is 0 Å². The Kier molecular flexibility index (Phi) is 5.79. The molecular formula is C16H11BrF2O3S. The maximum absolute atomic E-state index is 13.4. The van der Waals surface area contributed by atoms with Gasteiger partial charge in [0.25, 0.3) is 0 Å². The van der Waals surface area contributed by atoms with Gasteiger partial charge >= 0.3 is 5.97 Å². The van der Waals surface area contributed by atoms with Gasteiger partial charge in [-0.3, -0.25) is 4.79 Å². The van der Waals surface area contributed by atoms with Crippen molar-refractivity contribution in [1.29, 1.82) is 0 Å². The van der Waals surface area contributed by atoms with Crippen LogP contribution >= 0.6 is 27.3 Å². The second-order valence-electron chi connectivity index (χ2n) is 4.37. The average molecular weight is 401 g/mol. The normalized spacial score (nSPS) is 11.4. The number of carbonyl (C=O) groups excluding carboxylic acids is 2. The zero-order chi connectivity index (χ0) is 17.0. The maximum Gasteiger partial charge on any atom is 0.342 e. The molecule has 0 fully saturated rings. The van der Waals surface area contributed by atoms with Crippen LogP contribution in [0.5, 0.6) is 0 Å². The molecule has 1 aromatic heterocycles. The Hall–Kier alpha value is -1.86. The van der Waals surface area contributed by atoms with Crippen molar-refractivity contribution in [2.24, 2.45) is 0 Å². The number of hydrogen-bond acceptors (Lipinski definition) is 4. The first kappa shape index (κ1) is 17.5. The molecule has 120 valence electrons. The lowest BCUT2D eigenvalue weighted by atomic mass is 10.0. The third kappa shape index (κ3) is 4.11. The predicted octanol–water partition coefficient (Wildman–Crippen LogP) is 4.62. The first-order valence-electron chi connectivity index (χ1n) is 6.55. The molecule has 2 rings (SSSR count).